The van der Waals surface area contributed by atoms with Crippen LogP contribution in [0.25, 0.3) is 0 Å². The zero-order valence-corrected chi connectivity index (χ0v) is 14.9. The molecule has 1 fully saturated rings. The number of nitrogens with zero attached hydrogens (tertiary/aromatic N) is 3. The Kier molecular flexibility index (Phi) is 5.13. The molecule has 1 aliphatic heterocycles. The second-order valence-corrected chi connectivity index (χ2v) is 6.67. The molecule has 136 valence electrons. The second-order valence-electron chi connectivity index (χ2n) is 6.67. The van der Waals surface area contributed by atoms with Gasteiger partial charge in [0.25, 0.3) is 0 Å². The molecule has 0 aromatic heterocycles. The van der Waals surface area contributed by atoms with Crippen LogP contribution in [0.4, 0.5) is 5.69 Å². The lowest BCUT2D eigenvalue weighted by atomic mass is 9.87. The molecule has 3 rings (SSSR count). The number of benzene rings is 1. The number of nitrogens with two attached hydrogens (primary N) is 2. The van der Waals surface area contributed by atoms with E-state index in [0.29, 0.717) is 12.6 Å². The Morgan fingerprint density at radius 1 is 1.20 bits per heavy atom. The molecular weight excluding hydrogens is 318 g/mol. The normalized spacial score (nSPS) is 20.8. The minimum atomic E-state index is -0.474. The molecule has 1 aliphatic carbocycles. The van der Waals surface area contributed by atoms with Crippen LogP contribution in [0, 0.1) is 0 Å². The van der Waals surface area contributed by atoms with Crippen molar-refractivity contribution >= 4 is 17.6 Å². The summed E-state index contributed by atoms with van der Waals surface area (Å²) in [6.45, 7) is 2.48. The van der Waals surface area contributed by atoms with Gasteiger partial charge in [-0.25, -0.2) is 4.99 Å². The van der Waals surface area contributed by atoms with Crippen LogP contribution in [0.5, 0.6) is 5.75 Å². The second kappa shape index (κ2) is 7.31. The molecule has 25 heavy (non-hydrogen) atoms. The first-order chi connectivity index (χ1) is 12.1. The predicted octanol–water partition coefficient (Wildman–Crippen LogP) is 2.21. The van der Waals surface area contributed by atoms with Crippen molar-refractivity contribution in [1.29, 1.82) is 0 Å². The summed E-state index contributed by atoms with van der Waals surface area (Å²) in [5.74, 6) is 1.36. The summed E-state index contributed by atoms with van der Waals surface area (Å²) >= 11 is 0. The van der Waals surface area contributed by atoms with E-state index >= 15 is 0 Å². The van der Waals surface area contributed by atoms with E-state index in [0.717, 1.165) is 37.1 Å². The molecule has 0 amide bonds. The third-order valence-electron chi connectivity index (χ3n) is 4.69. The van der Waals surface area contributed by atoms with Gasteiger partial charge in [0.2, 0.25) is 11.9 Å². The number of guanidine groups is 2. The van der Waals surface area contributed by atoms with Gasteiger partial charge in [0, 0.05) is 7.11 Å². The summed E-state index contributed by atoms with van der Waals surface area (Å²) in [4.78, 5) is 10.9. The molecule has 2 aliphatic rings. The minimum Gasteiger partial charge on any atom is -0.486 e. The highest BCUT2D eigenvalue weighted by Crippen LogP contribution is 2.42. The number of aliphatic imine (C=N–C) groups is 2. The van der Waals surface area contributed by atoms with Gasteiger partial charge in [-0.2, -0.15) is 4.99 Å². The van der Waals surface area contributed by atoms with Crippen LogP contribution >= 0.6 is 0 Å². The lowest BCUT2D eigenvalue weighted by molar-refractivity contribution is 0.0922. The van der Waals surface area contributed by atoms with Crippen molar-refractivity contribution < 1.29 is 9.47 Å². The highest BCUT2D eigenvalue weighted by atomic mass is 16.5. The van der Waals surface area contributed by atoms with Gasteiger partial charge in [-0.05, 0) is 44.7 Å². The van der Waals surface area contributed by atoms with Gasteiger partial charge in [-0.15, -0.1) is 0 Å². The summed E-state index contributed by atoms with van der Waals surface area (Å²) in [5, 5.41) is 0. The Morgan fingerprint density at radius 3 is 2.64 bits per heavy atom. The number of hydrogen-bond acceptors (Lipinski definition) is 7. The maximum absolute atomic E-state index is 6.30. The van der Waals surface area contributed by atoms with Crippen LogP contribution in [-0.2, 0) is 4.74 Å². The number of rotatable bonds is 5. The van der Waals surface area contributed by atoms with E-state index in [1.807, 2.05) is 36.1 Å². The Hall–Kier alpha value is -2.28. The Morgan fingerprint density at radius 2 is 1.92 bits per heavy atom. The zero-order chi connectivity index (χ0) is 17.9. The molecule has 1 heterocycles. The molecule has 0 bridgehead atoms. The largest absolute Gasteiger partial charge is 0.486 e. The molecule has 1 spiro atoms. The third-order valence-corrected chi connectivity index (χ3v) is 4.69. The monoisotopic (exact) mass is 345 g/mol. The van der Waals surface area contributed by atoms with Gasteiger partial charge >= 0.3 is 0 Å². The van der Waals surface area contributed by atoms with Gasteiger partial charge in [0.05, 0.1) is 12.3 Å². The number of methoxy groups -OCH3 is 1. The first kappa shape index (κ1) is 17.5. The summed E-state index contributed by atoms with van der Waals surface area (Å²) in [6.07, 6.45) is 5.08. The van der Waals surface area contributed by atoms with Crippen LogP contribution in [0.2, 0.25) is 0 Å². The van der Waals surface area contributed by atoms with Crippen molar-refractivity contribution in [1.82, 2.24) is 0 Å². The van der Waals surface area contributed by atoms with Crippen LogP contribution in [0.3, 0.4) is 0 Å². The molecule has 1 unspecified atom stereocenters. The van der Waals surface area contributed by atoms with E-state index in [4.69, 9.17) is 25.9 Å². The maximum atomic E-state index is 6.30. The van der Waals surface area contributed by atoms with E-state index < -0.39 is 5.66 Å². The fraction of sp³-hybridized carbons (Fsp3) is 0.556. The first-order valence-electron chi connectivity index (χ1n) is 8.80. The molecule has 1 aromatic rings. The van der Waals surface area contributed by atoms with E-state index in [-0.39, 0.29) is 12.1 Å². The van der Waals surface area contributed by atoms with Gasteiger partial charge < -0.3 is 20.9 Å². The predicted molar refractivity (Wildman–Crippen MR) is 99.9 cm³/mol. The summed E-state index contributed by atoms with van der Waals surface area (Å²) in [5.41, 5.74) is 12.6. The molecular formula is C18H27N5O2. The summed E-state index contributed by atoms with van der Waals surface area (Å²) in [6, 6.07) is 7.84. The van der Waals surface area contributed by atoms with Crippen molar-refractivity contribution in [3.05, 3.63) is 24.3 Å². The SMILES string of the molecule is COCC(C)Oc1ccccc1N1C(N)=NC(N)=NC12CCCCC2. The van der Waals surface area contributed by atoms with E-state index in [9.17, 15) is 0 Å². The van der Waals surface area contributed by atoms with E-state index in [2.05, 4.69) is 4.99 Å². The third kappa shape index (κ3) is 3.56. The topological polar surface area (TPSA) is 98.5 Å². The van der Waals surface area contributed by atoms with Crippen molar-refractivity contribution in [3.63, 3.8) is 0 Å². The molecule has 7 heteroatoms. The fourth-order valence-electron chi connectivity index (χ4n) is 3.70. The summed E-state index contributed by atoms with van der Waals surface area (Å²) < 4.78 is 11.3. The zero-order valence-electron chi connectivity index (χ0n) is 14.9. The van der Waals surface area contributed by atoms with Crippen molar-refractivity contribution in [3.8, 4) is 5.75 Å². The van der Waals surface area contributed by atoms with Crippen LogP contribution in [0.1, 0.15) is 39.0 Å². The molecule has 0 saturated heterocycles. The average Bonchev–Trinajstić information content (AvgIpc) is 2.56. The molecule has 1 atom stereocenters. The van der Waals surface area contributed by atoms with Crippen molar-refractivity contribution in [2.24, 2.45) is 21.5 Å². The van der Waals surface area contributed by atoms with Crippen LogP contribution < -0.4 is 21.1 Å². The first-order valence-corrected chi connectivity index (χ1v) is 8.80. The van der Waals surface area contributed by atoms with Gasteiger partial charge in [-0.3, -0.25) is 4.90 Å². The Balaban J connectivity index is 2.00. The molecule has 7 nitrogen and oxygen atoms in total. The lowest BCUT2D eigenvalue weighted by Crippen LogP contribution is -2.58. The van der Waals surface area contributed by atoms with Crippen LogP contribution in [-0.4, -0.2) is 37.4 Å². The molecule has 0 radical (unpaired) electrons. The van der Waals surface area contributed by atoms with Gasteiger partial charge in [0.1, 0.15) is 17.5 Å². The lowest BCUT2D eigenvalue weighted by Gasteiger charge is -2.46. The molecule has 1 aromatic carbocycles. The van der Waals surface area contributed by atoms with Crippen molar-refractivity contribution in [2.75, 3.05) is 18.6 Å². The highest BCUT2D eigenvalue weighted by molar-refractivity contribution is 6.06. The highest BCUT2D eigenvalue weighted by Gasteiger charge is 2.43. The Labute approximate surface area is 148 Å². The van der Waals surface area contributed by atoms with E-state index in [1.54, 1.807) is 7.11 Å². The summed E-state index contributed by atoms with van der Waals surface area (Å²) in [7, 11) is 1.66. The maximum Gasteiger partial charge on any atom is 0.220 e. The van der Waals surface area contributed by atoms with E-state index in [1.165, 1.54) is 6.42 Å². The smallest absolute Gasteiger partial charge is 0.220 e. The number of anilines is 1. The fourth-order valence-corrected chi connectivity index (χ4v) is 3.70. The van der Waals surface area contributed by atoms with Gasteiger partial charge in [-0.1, -0.05) is 18.6 Å². The van der Waals surface area contributed by atoms with Gasteiger partial charge in [0.15, 0.2) is 0 Å². The number of para-hydroxylation sites is 2. The molecule has 4 N–H and O–H groups in total. The molecule has 1 saturated carbocycles. The van der Waals surface area contributed by atoms with Crippen molar-refractivity contribution in [2.45, 2.75) is 50.8 Å². The number of ether oxygens (including phenoxy) is 2. The van der Waals surface area contributed by atoms with Crippen LogP contribution in [0.15, 0.2) is 34.3 Å². The average molecular weight is 345 g/mol. The minimum absolute atomic E-state index is 0.0787. The quantitative estimate of drug-likeness (QED) is 0.852. The Bertz CT molecular complexity index is 667. The number of hydrogen-bond donors (Lipinski definition) is 2. The standard InChI is InChI=1S/C18H27N5O2/c1-13(12-24-2)25-15-9-5-4-8-14(15)23-17(20)21-16(19)22-18(23)10-6-3-7-11-18/h4-5,8-9,13H,3,6-7,10-12H2,1-2H3,(H4,19,20,21,22).